The zero-order valence-corrected chi connectivity index (χ0v) is 20.2. The summed E-state index contributed by atoms with van der Waals surface area (Å²) in [6, 6.07) is 7.29. The Hall–Kier alpha value is -3.72. The van der Waals surface area contributed by atoms with Crippen LogP contribution in [0.1, 0.15) is 38.4 Å². The van der Waals surface area contributed by atoms with Crippen LogP contribution in [0.2, 0.25) is 0 Å². The molecular formula is C20H26N6O8S. The van der Waals surface area contributed by atoms with Gasteiger partial charge in [-0.25, -0.2) is 9.59 Å². The lowest BCUT2D eigenvalue weighted by Gasteiger charge is -2.19. The molecule has 190 valence electrons. The summed E-state index contributed by atoms with van der Waals surface area (Å²) in [5, 5.41) is 10.4. The molecule has 0 unspecified atom stereocenters. The highest BCUT2D eigenvalue weighted by atomic mass is 32.1. The zero-order chi connectivity index (χ0) is 26.0. The lowest BCUT2D eigenvalue weighted by atomic mass is 10.2. The number of hydrogen-bond donors (Lipinski definition) is 3. The topological polar surface area (TPSA) is 171 Å². The van der Waals surface area contributed by atoms with Crippen molar-refractivity contribution in [2.24, 2.45) is 0 Å². The third-order valence-electron chi connectivity index (χ3n) is 3.98. The molecule has 14 nitrogen and oxygen atoms in total. The molecule has 3 rings (SSSR count). The van der Waals surface area contributed by atoms with Crippen molar-refractivity contribution < 1.29 is 38.3 Å². The molecular weight excluding hydrogens is 484 g/mol. The van der Waals surface area contributed by atoms with E-state index in [4.69, 9.17) is 4.74 Å². The molecule has 2 aromatic rings. The first-order valence-corrected chi connectivity index (χ1v) is 10.8. The quantitative estimate of drug-likeness (QED) is 0.221. The molecule has 0 saturated carbocycles. The number of alkyl carbamates (subject to hydrolysis) is 1. The van der Waals surface area contributed by atoms with Crippen LogP contribution in [0.15, 0.2) is 24.3 Å². The standard InChI is InChI=1S/C12H18N2O7.C8H8N4OS/c1-12(2,3)20-10(17)13-6-7-19-11(18)21-14-8(15)4-5-9(14)16;13-8(5-9-14)12-7-4-2-1-3-6(7)10-11-12/h4-7H2,1-3H3,(H,13,17);1-4,9,14H,5H2. The molecule has 0 bridgehead atoms. The van der Waals surface area contributed by atoms with Gasteiger partial charge in [-0.15, -0.1) is 5.10 Å². The van der Waals surface area contributed by atoms with Gasteiger partial charge in [-0.2, -0.15) is 4.68 Å². The van der Waals surface area contributed by atoms with E-state index < -0.39 is 29.7 Å². The molecule has 15 heteroatoms. The number of hydroxylamine groups is 2. The van der Waals surface area contributed by atoms with E-state index in [-0.39, 0.29) is 38.4 Å². The highest BCUT2D eigenvalue weighted by molar-refractivity contribution is 7.78. The normalized spacial score (nSPS) is 13.2. The van der Waals surface area contributed by atoms with Gasteiger partial charge >= 0.3 is 12.2 Å². The lowest BCUT2D eigenvalue weighted by Crippen LogP contribution is -2.35. The number of hydrogen-bond acceptors (Lipinski definition) is 12. The Labute approximate surface area is 205 Å². The molecule has 0 atom stereocenters. The van der Waals surface area contributed by atoms with Gasteiger partial charge in [-0.3, -0.25) is 23.9 Å². The van der Waals surface area contributed by atoms with Crippen LogP contribution in [0, 0.1) is 0 Å². The predicted molar refractivity (Wildman–Crippen MR) is 123 cm³/mol. The number of nitrogens with zero attached hydrogens (tertiary/aromatic N) is 4. The smallest absolute Gasteiger partial charge is 0.444 e. The number of ether oxygens (including phenoxy) is 2. The van der Waals surface area contributed by atoms with Gasteiger partial charge in [0.2, 0.25) is 0 Å². The number of carbonyl (C=O) groups excluding carboxylic acids is 5. The first kappa shape index (κ1) is 27.5. The van der Waals surface area contributed by atoms with E-state index in [9.17, 15) is 24.0 Å². The summed E-state index contributed by atoms with van der Waals surface area (Å²) in [5.41, 5.74) is 0.793. The second-order valence-corrected chi connectivity index (χ2v) is 8.24. The number of thiol groups is 1. The Morgan fingerprint density at radius 3 is 2.40 bits per heavy atom. The Morgan fingerprint density at radius 2 is 1.77 bits per heavy atom. The Bertz CT molecular complexity index is 1070. The molecule has 2 heterocycles. The van der Waals surface area contributed by atoms with Gasteiger partial charge in [0.1, 0.15) is 17.7 Å². The molecule has 0 radical (unpaired) electrons. The zero-order valence-electron chi connectivity index (χ0n) is 19.3. The van der Waals surface area contributed by atoms with E-state index in [1.54, 1.807) is 32.9 Å². The van der Waals surface area contributed by atoms with Crippen molar-refractivity contribution in [2.75, 3.05) is 19.7 Å². The summed E-state index contributed by atoms with van der Waals surface area (Å²) in [7, 11) is 0. The van der Waals surface area contributed by atoms with E-state index in [1.165, 1.54) is 4.68 Å². The fourth-order valence-electron chi connectivity index (χ4n) is 2.56. The van der Waals surface area contributed by atoms with E-state index in [0.717, 1.165) is 0 Å². The SMILES string of the molecule is CC(C)(C)OC(=O)NCCOC(=O)ON1C(=O)CCC1=O.O=C(CNS)n1nnc2ccccc21. The second-order valence-electron chi connectivity index (χ2n) is 7.92. The minimum atomic E-state index is -1.19. The van der Waals surface area contributed by atoms with Crippen LogP contribution >= 0.6 is 12.8 Å². The number of aromatic nitrogens is 3. The van der Waals surface area contributed by atoms with E-state index >= 15 is 0 Å². The molecule has 2 N–H and O–H groups in total. The van der Waals surface area contributed by atoms with Gasteiger partial charge < -0.3 is 14.8 Å². The first-order valence-electron chi connectivity index (χ1n) is 10.4. The largest absolute Gasteiger partial charge is 0.534 e. The summed E-state index contributed by atoms with van der Waals surface area (Å²) < 4.78 is 13.3. The van der Waals surface area contributed by atoms with Gasteiger partial charge in [0.25, 0.3) is 17.7 Å². The van der Waals surface area contributed by atoms with Crippen LogP contribution in [0.5, 0.6) is 0 Å². The van der Waals surface area contributed by atoms with Crippen LogP contribution < -0.4 is 10.0 Å². The molecule has 1 fully saturated rings. The summed E-state index contributed by atoms with van der Waals surface area (Å²) in [4.78, 5) is 60.8. The minimum absolute atomic E-state index is 0.00586. The van der Waals surface area contributed by atoms with Crippen molar-refractivity contribution in [3.8, 4) is 0 Å². The average molecular weight is 511 g/mol. The average Bonchev–Trinajstić information content (AvgIpc) is 3.35. The number of para-hydroxylation sites is 1. The van der Waals surface area contributed by atoms with Gasteiger partial charge in [-0.05, 0) is 32.9 Å². The molecule has 1 saturated heterocycles. The fourth-order valence-corrected chi connectivity index (χ4v) is 2.69. The van der Waals surface area contributed by atoms with Gasteiger partial charge in [0, 0.05) is 12.8 Å². The van der Waals surface area contributed by atoms with Crippen molar-refractivity contribution in [2.45, 2.75) is 39.2 Å². The van der Waals surface area contributed by atoms with Crippen LogP contribution in [-0.4, -0.2) is 75.3 Å². The number of fused-ring (bicyclic) bond motifs is 1. The lowest BCUT2D eigenvalue weighted by molar-refractivity contribution is -0.177. The van der Waals surface area contributed by atoms with Crippen LogP contribution in [0.3, 0.4) is 0 Å². The van der Waals surface area contributed by atoms with Crippen LogP contribution in [0.25, 0.3) is 11.0 Å². The summed E-state index contributed by atoms with van der Waals surface area (Å²) >= 11 is 3.75. The van der Waals surface area contributed by atoms with E-state index in [1.807, 2.05) is 12.1 Å². The molecule has 1 aromatic heterocycles. The monoisotopic (exact) mass is 510 g/mol. The number of amides is 3. The summed E-state index contributed by atoms with van der Waals surface area (Å²) in [5.74, 6) is -1.37. The molecule has 3 amide bonds. The van der Waals surface area contributed by atoms with E-state index in [0.29, 0.717) is 16.1 Å². The molecule has 1 aromatic carbocycles. The van der Waals surface area contributed by atoms with Gasteiger partial charge in [0.15, 0.2) is 0 Å². The van der Waals surface area contributed by atoms with Crippen molar-refractivity contribution >= 4 is 53.8 Å². The molecule has 0 aliphatic carbocycles. The number of rotatable bonds is 6. The second kappa shape index (κ2) is 12.7. The van der Waals surface area contributed by atoms with Gasteiger partial charge in [-0.1, -0.05) is 35.2 Å². The fraction of sp³-hybridized carbons (Fsp3) is 0.450. The third-order valence-corrected chi connectivity index (χ3v) is 4.14. The summed E-state index contributed by atoms with van der Waals surface area (Å²) in [6.07, 6.45) is -1.83. The highest BCUT2D eigenvalue weighted by Gasteiger charge is 2.33. The maximum absolute atomic E-state index is 11.5. The Balaban J connectivity index is 0.000000266. The number of imide groups is 1. The highest BCUT2D eigenvalue weighted by Crippen LogP contribution is 2.12. The minimum Gasteiger partial charge on any atom is -0.444 e. The molecule has 1 aliphatic heterocycles. The maximum Gasteiger partial charge on any atom is 0.534 e. The van der Waals surface area contributed by atoms with Crippen molar-refractivity contribution in [1.29, 1.82) is 0 Å². The van der Waals surface area contributed by atoms with Crippen molar-refractivity contribution in [3.05, 3.63) is 24.3 Å². The van der Waals surface area contributed by atoms with Crippen molar-refractivity contribution in [3.63, 3.8) is 0 Å². The van der Waals surface area contributed by atoms with Crippen LogP contribution in [0.4, 0.5) is 9.59 Å². The Morgan fingerprint density at radius 1 is 1.11 bits per heavy atom. The first-order chi connectivity index (χ1) is 16.5. The number of carbonyl (C=O) groups is 5. The number of nitrogens with one attached hydrogen (secondary N) is 2. The Kier molecular flexibility index (Phi) is 9.96. The maximum atomic E-state index is 11.5. The molecule has 0 spiro atoms. The molecule has 35 heavy (non-hydrogen) atoms. The summed E-state index contributed by atoms with van der Waals surface area (Å²) in [6.45, 7) is 5.08. The number of benzene rings is 1. The van der Waals surface area contributed by atoms with Gasteiger partial charge in [0.05, 0.1) is 18.6 Å². The predicted octanol–water partition coefficient (Wildman–Crippen LogP) is 1.23. The third kappa shape index (κ3) is 8.86. The van der Waals surface area contributed by atoms with Crippen LogP contribution in [-0.2, 0) is 23.9 Å². The van der Waals surface area contributed by atoms with E-state index in [2.05, 4.69) is 42.7 Å². The van der Waals surface area contributed by atoms with Crippen molar-refractivity contribution in [1.82, 2.24) is 30.1 Å². The molecule has 1 aliphatic rings.